The van der Waals surface area contributed by atoms with E-state index in [1.165, 1.54) is 30.4 Å². The van der Waals surface area contributed by atoms with E-state index in [2.05, 4.69) is 53.7 Å². The van der Waals surface area contributed by atoms with E-state index in [9.17, 15) is 10.2 Å². The van der Waals surface area contributed by atoms with E-state index in [1.807, 2.05) is 0 Å². The van der Waals surface area contributed by atoms with Crippen molar-refractivity contribution in [1.82, 2.24) is 0 Å². The lowest BCUT2D eigenvalue weighted by atomic mass is 9.50. The van der Waals surface area contributed by atoms with Gasteiger partial charge in [-0.15, -0.1) is 0 Å². The molecule has 2 saturated carbocycles. The summed E-state index contributed by atoms with van der Waals surface area (Å²) in [7, 11) is 0. The summed E-state index contributed by atoms with van der Waals surface area (Å²) in [6.45, 7) is 14.3. The molecule has 5 aliphatic rings. The van der Waals surface area contributed by atoms with Crippen molar-refractivity contribution in [1.29, 1.82) is 0 Å². The molecule has 31 heavy (non-hydrogen) atoms. The fourth-order valence-corrected chi connectivity index (χ4v) is 8.47. The predicted molar refractivity (Wildman–Crippen MR) is 124 cm³/mol. The molecule has 5 rings (SSSR count). The third kappa shape index (κ3) is 2.95. The third-order valence-corrected chi connectivity index (χ3v) is 10.9. The fraction of sp³-hybridized carbons (Fsp3) is 0.857. The van der Waals surface area contributed by atoms with Crippen molar-refractivity contribution in [2.75, 3.05) is 0 Å². The van der Waals surface area contributed by atoms with Gasteiger partial charge in [0.2, 0.25) is 0 Å². The second kappa shape index (κ2) is 7.18. The molecular formula is C28H44O3. The van der Waals surface area contributed by atoms with Crippen LogP contribution < -0.4 is 0 Å². The highest BCUT2D eigenvalue weighted by Crippen LogP contribution is 2.72. The van der Waals surface area contributed by atoms with Gasteiger partial charge in [-0.25, -0.2) is 0 Å². The lowest BCUT2D eigenvalue weighted by molar-refractivity contribution is -0.000636. The van der Waals surface area contributed by atoms with E-state index < -0.39 is 6.10 Å². The second-order valence-corrected chi connectivity index (χ2v) is 12.6. The van der Waals surface area contributed by atoms with Crippen LogP contribution in [0.1, 0.15) is 86.5 Å². The number of allylic oxidation sites excluding steroid dienone is 2. The zero-order chi connectivity index (χ0) is 22.3. The monoisotopic (exact) mass is 428 g/mol. The first kappa shape index (κ1) is 22.2. The van der Waals surface area contributed by atoms with Gasteiger partial charge in [0.15, 0.2) is 0 Å². The molecule has 0 aromatic rings. The normalized spacial score (nSPS) is 50.7. The number of fused-ring (bicyclic) bond motifs is 3. The Bertz CT molecular complexity index is 798. The zero-order valence-corrected chi connectivity index (χ0v) is 20.5. The summed E-state index contributed by atoms with van der Waals surface area (Å²) in [5.74, 6) is 3.05. The number of hydrogen-bond acceptors (Lipinski definition) is 3. The topological polar surface area (TPSA) is 53.0 Å². The highest BCUT2D eigenvalue weighted by atomic mass is 16.6. The number of aliphatic hydroxyl groups is 2. The van der Waals surface area contributed by atoms with Crippen LogP contribution in [0.15, 0.2) is 23.3 Å². The van der Waals surface area contributed by atoms with Crippen molar-refractivity contribution in [2.24, 2.45) is 40.4 Å². The van der Waals surface area contributed by atoms with Gasteiger partial charge in [-0.3, -0.25) is 0 Å². The first-order valence-corrected chi connectivity index (χ1v) is 13.0. The molecule has 3 nitrogen and oxygen atoms in total. The van der Waals surface area contributed by atoms with Crippen LogP contribution in [0.5, 0.6) is 0 Å². The van der Waals surface area contributed by atoms with Crippen molar-refractivity contribution in [3.05, 3.63) is 23.3 Å². The highest BCUT2D eigenvalue weighted by molar-refractivity contribution is 5.45. The maximum Gasteiger partial charge on any atom is 0.118 e. The van der Waals surface area contributed by atoms with Gasteiger partial charge in [-0.2, -0.15) is 0 Å². The van der Waals surface area contributed by atoms with Gasteiger partial charge in [0.05, 0.1) is 6.10 Å². The molecule has 10 atom stereocenters. The Hall–Kier alpha value is -0.640. The molecular weight excluding hydrogens is 384 g/mol. The van der Waals surface area contributed by atoms with Crippen LogP contribution in [0.2, 0.25) is 0 Å². The maximum atomic E-state index is 11.5. The summed E-state index contributed by atoms with van der Waals surface area (Å²) in [5.41, 5.74) is 2.84. The minimum atomic E-state index is -0.469. The molecule has 1 heterocycles. The van der Waals surface area contributed by atoms with E-state index in [-0.39, 0.29) is 28.6 Å². The number of hydrogen-bond donors (Lipinski definition) is 2. The Morgan fingerprint density at radius 3 is 2.45 bits per heavy atom. The first-order chi connectivity index (χ1) is 14.5. The number of rotatable bonds is 4. The van der Waals surface area contributed by atoms with E-state index in [4.69, 9.17) is 4.74 Å². The van der Waals surface area contributed by atoms with Crippen LogP contribution in [0.4, 0.5) is 0 Å². The van der Waals surface area contributed by atoms with Crippen molar-refractivity contribution >= 4 is 0 Å². The Balaban J connectivity index is 1.45. The molecule has 4 aliphatic carbocycles. The van der Waals surface area contributed by atoms with Gasteiger partial charge in [0.25, 0.3) is 0 Å². The Morgan fingerprint density at radius 1 is 1.00 bits per heavy atom. The van der Waals surface area contributed by atoms with Gasteiger partial charge in [-0.1, -0.05) is 59.3 Å². The van der Waals surface area contributed by atoms with Gasteiger partial charge < -0.3 is 14.9 Å². The van der Waals surface area contributed by atoms with Gasteiger partial charge in [0, 0.05) is 11.8 Å². The van der Waals surface area contributed by atoms with E-state index in [0.717, 1.165) is 19.3 Å². The largest absolute Gasteiger partial charge is 0.393 e. The van der Waals surface area contributed by atoms with Crippen LogP contribution in [0.25, 0.3) is 0 Å². The minimum absolute atomic E-state index is 0.00307. The maximum absolute atomic E-state index is 11.5. The Morgan fingerprint density at radius 2 is 1.74 bits per heavy atom. The summed E-state index contributed by atoms with van der Waals surface area (Å²) in [6, 6.07) is 0. The second-order valence-electron chi connectivity index (χ2n) is 12.6. The van der Waals surface area contributed by atoms with Gasteiger partial charge in [-0.05, 0) is 79.1 Å². The molecule has 0 aromatic carbocycles. The first-order valence-electron chi connectivity index (χ1n) is 13.0. The molecule has 174 valence electrons. The number of aliphatic hydroxyl groups excluding tert-OH is 2. The molecule has 3 heteroatoms. The lowest BCUT2D eigenvalue weighted by Gasteiger charge is -2.54. The smallest absolute Gasteiger partial charge is 0.118 e. The summed E-state index contributed by atoms with van der Waals surface area (Å²) < 4.78 is 6.33. The lowest BCUT2D eigenvalue weighted by Crippen LogP contribution is -2.55. The Labute approximate surface area is 189 Å². The molecule has 0 aromatic heterocycles. The van der Waals surface area contributed by atoms with E-state index in [1.54, 1.807) is 0 Å². The van der Waals surface area contributed by atoms with Crippen LogP contribution in [-0.4, -0.2) is 34.1 Å². The summed E-state index contributed by atoms with van der Waals surface area (Å²) in [4.78, 5) is 0. The van der Waals surface area contributed by atoms with Gasteiger partial charge >= 0.3 is 0 Å². The molecule has 0 bridgehead atoms. The summed E-state index contributed by atoms with van der Waals surface area (Å²) >= 11 is 0. The SMILES string of the molecule is CC(C)[C@H](C)/C=C/[C@@H](C)C1CCC2C3=C(CCC21C)C1(C)CC[C@H](O)C[C@@]12O[C@H]2[C@H]3O. The van der Waals surface area contributed by atoms with Crippen molar-refractivity contribution in [2.45, 2.75) is 110 Å². The van der Waals surface area contributed by atoms with Crippen LogP contribution in [0, 0.1) is 40.4 Å². The number of ether oxygens (including phenoxy) is 1. The van der Waals surface area contributed by atoms with Crippen LogP contribution in [0.3, 0.4) is 0 Å². The molecule has 2 N–H and O–H groups in total. The van der Waals surface area contributed by atoms with Crippen molar-refractivity contribution < 1.29 is 14.9 Å². The molecule has 0 radical (unpaired) electrons. The standard InChI is InChI=1S/C28H44O3/c1-16(2)17(3)7-8-18(4)20-9-10-21-23-22(12-13-26(20,21)5)27(6)14-11-19(29)15-28(27)25(31-28)24(23)30/h7-8,16-21,24-25,29-30H,9-15H2,1-6H3/b8-7+/t17-,18-,19+,20?,21?,24+,25+,26?,27?,28+/m1/s1. The molecule has 1 saturated heterocycles. The predicted octanol–water partition coefficient (Wildman–Crippen LogP) is 5.66. The quantitative estimate of drug-likeness (QED) is 0.449. The zero-order valence-electron chi connectivity index (χ0n) is 20.5. The molecule has 4 unspecified atom stereocenters. The molecule has 1 aliphatic heterocycles. The highest BCUT2D eigenvalue weighted by Gasteiger charge is 2.76. The molecule has 0 amide bonds. The molecule has 1 spiro atoms. The fourth-order valence-electron chi connectivity index (χ4n) is 8.47. The number of epoxide rings is 1. The van der Waals surface area contributed by atoms with E-state index >= 15 is 0 Å². The van der Waals surface area contributed by atoms with E-state index in [0.29, 0.717) is 36.0 Å². The van der Waals surface area contributed by atoms with Gasteiger partial charge in [0.1, 0.15) is 17.8 Å². The summed E-state index contributed by atoms with van der Waals surface area (Å²) in [6.07, 6.45) is 11.4. The van der Waals surface area contributed by atoms with Crippen molar-refractivity contribution in [3.8, 4) is 0 Å². The average molecular weight is 429 g/mol. The van der Waals surface area contributed by atoms with Crippen LogP contribution in [-0.2, 0) is 4.74 Å². The average Bonchev–Trinajstić information content (AvgIpc) is 3.34. The minimum Gasteiger partial charge on any atom is -0.393 e. The molecule has 3 fully saturated rings. The Kier molecular flexibility index (Phi) is 5.13. The van der Waals surface area contributed by atoms with Crippen molar-refractivity contribution in [3.63, 3.8) is 0 Å². The summed E-state index contributed by atoms with van der Waals surface area (Å²) in [5, 5.41) is 21.9. The van der Waals surface area contributed by atoms with Crippen LogP contribution >= 0.6 is 0 Å². The third-order valence-electron chi connectivity index (χ3n) is 10.9.